The standard InChI is InChI=1S/C22H24N2O3/c1-22(18-12-11-15-7-5-6-10-17(15)13-18)20(26)24(21(27)23-22)14-19(25)16-8-3-2-4-9-16/h5-7,10-13,16H,2-4,8-9,14H2,1H3,(H,23,27). The van der Waals surface area contributed by atoms with Crippen molar-refractivity contribution in [2.75, 3.05) is 6.54 Å². The highest BCUT2D eigenvalue weighted by atomic mass is 16.2. The number of carbonyl (C=O) groups excluding carboxylic acids is 3. The quantitative estimate of drug-likeness (QED) is 0.840. The van der Waals surface area contributed by atoms with Crippen LogP contribution in [0.3, 0.4) is 0 Å². The number of fused-ring (bicyclic) bond motifs is 1. The molecule has 0 aromatic heterocycles. The zero-order chi connectivity index (χ0) is 19.0. The number of imide groups is 1. The minimum Gasteiger partial charge on any atom is -0.319 e. The fourth-order valence-corrected chi connectivity index (χ4v) is 4.25. The molecule has 1 saturated heterocycles. The van der Waals surface area contributed by atoms with Gasteiger partial charge in [-0.15, -0.1) is 0 Å². The minimum absolute atomic E-state index is 0.000890. The van der Waals surface area contributed by atoms with Gasteiger partial charge < -0.3 is 5.32 Å². The Balaban J connectivity index is 1.57. The summed E-state index contributed by atoms with van der Waals surface area (Å²) in [6.45, 7) is 1.58. The normalized spacial score (nSPS) is 23.7. The SMILES string of the molecule is CC1(c2ccc3ccccc3c2)NC(=O)N(CC(=O)C2CCCCC2)C1=O. The Morgan fingerprint density at radius 1 is 1.07 bits per heavy atom. The van der Waals surface area contributed by atoms with Crippen LogP contribution in [-0.4, -0.2) is 29.2 Å². The maximum Gasteiger partial charge on any atom is 0.325 e. The summed E-state index contributed by atoms with van der Waals surface area (Å²) in [6.07, 6.45) is 4.98. The lowest BCUT2D eigenvalue weighted by atomic mass is 9.86. The van der Waals surface area contributed by atoms with Crippen LogP contribution in [0, 0.1) is 5.92 Å². The second kappa shape index (κ2) is 6.80. The molecule has 2 aromatic rings. The molecule has 1 N–H and O–H groups in total. The van der Waals surface area contributed by atoms with Crippen LogP contribution < -0.4 is 5.32 Å². The van der Waals surface area contributed by atoms with E-state index in [1.807, 2.05) is 42.5 Å². The van der Waals surface area contributed by atoms with Crippen molar-refractivity contribution in [3.8, 4) is 0 Å². The van der Waals surface area contributed by atoms with Gasteiger partial charge in [0.05, 0.1) is 6.54 Å². The van der Waals surface area contributed by atoms with E-state index in [9.17, 15) is 14.4 Å². The van der Waals surface area contributed by atoms with Gasteiger partial charge in [-0.3, -0.25) is 14.5 Å². The maximum absolute atomic E-state index is 13.1. The van der Waals surface area contributed by atoms with Gasteiger partial charge in [-0.1, -0.05) is 55.7 Å². The van der Waals surface area contributed by atoms with E-state index in [-0.39, 0.29) is 24.2 Å². The number of amides is 3. The maximum atomic E-state index is 13.1. The molecule has 1 saturated carbocycles. The first-order valence-electron chi connectivity index (χ1n) is 9.65. The number of rotatable bonds is 4. The fraction of sp³-hybridized carbons (Fsp3) is 0.409. The first kappa shape index (κ1) is 17.7. The van der Waals surface area contributed by atoms with E-state index in [4.69, 9.17) is 0 Å². The summed E-state index contributed by atoms with van der Waals surface area (Å²) >= 11 is 0. The molecule has 3 amide bonds. The van der Waals surface area contributed by atoms with Gasteiger partial charge in [0.25, 0.3) is 5.91 Å². The Morgan fingerprint density at radius 3 is 2.52 bits per heavy atom. The molecule has 1 heterocycles. The molecule has 4 rings (SSSR count). The van der Waals surface area contributed by atoms with Crippen molar-refractivity contribution in [2.24, 2.45) is 5.92 Å². The second-order valence-electron chi connectivity index (χ2n) is 7.81. The Bertz CT molecular complexity index is 917. The molecular weight excluding hydrogens is 340 g/mol. The van der Waals surface area contributed by atoms with Crippen LogP contribution >= 0.6 is 0 Å². The third-order valence-electron chi connectivity index (χ3n) is 5.98. The molecule has 0 bridgehead atoms. The molecular formula is C22H24N2O3. The van der Waals surface area contributed by atoms with Crippen LogP contribution in [-0.2, 0) is 15.1 Å². The third-order valence-corrected chi connectivity index (χ3v) is 5.98. The van der Waals surface area contributed by atoms with Crippen LogP contribution in [0.25, 0.3) is 10.8 Å². The highest BCUT2D eigenvalue weighted by Gasteiger charge is 2.49. The van der Waals surface area contributed by atoms with E-state index < -0.39 is 11.6 Å². The van der Waals surface area contributed by atoms with Crippen LogP contribution in [0.2, 0.25) is 0 Å². The van der Waals surface area contributed by atoms with E-state index in [0.29, 0.717) is 0 Å². The molecule has 5 nitrogen and oxygen atoms in total. The monoisotopic (exact) mass is 364 g/mol. The topological polar surface area (TPSA) is 66.5 Å². The summed E-state index contributed by atoms with van der Waals surface area (Å²) in [5, 5.41) is 4.89. The number of hydrogen-bond acceptors (Lipinski definition) is 3. The van der Waals surface area contributed by atoms with Crippen LogP contribution in [0.4, 0.5) is 4.79 Å². The highest BCUT2D eigenvalue weighted by Crippen LogP contribution is 2.32. The number of ketones is 1. The predicted molar refractivity (Wildman–Crippen MR) is 103 cm³/mol. The van der Waals surface area contributed by atoms with Crippen LogP contribution in [0.5, 0.6) is 0 Å². The third kappa shape index (κ3) is 3.11. The molecule has 1 aliphatic carbocycles. The number of benzene rings is 2. The lowest BCUT2D eigenvalue weighted by Crippen LogP contribution is -2.42. The van der Waals surface area contributed by atoms with Gasteiger partial charge in [0.2, 0.25) is 0 Å². The molecule has 27 heavy (non-hydrogen) atoms. The Labute approximate surface area is 158 Å². The zero-order valence-corrected chi connectivity index (χ0v) is 15.5. The molecule has 2 aromatic carbocycles. The molecule has 2 fully saturated rings. The largest absolute Gasteiger partial charge is 0.325 e. The number of urea groups is 1. The molecule has 2 aliphatic rings. The molecule has 1 unspecified atom stereocenters. The summed E-state index contributed by atoms with van der Waals surface area (Å²) < 4.78 is 0. The highest BCUT2D eigenvalue weighted by molar-refractivity contribution is 6.09. The molecule has 1 atom stereocenters. The van der Waals surface area contributed by atoms with Crippen molar-refractivity contribution in [3.63, 3.8) is 0 Å². The summed E-state index contributed by atoms with van der Waals surface area (Å²) in [4.78, 5) is 39.3. The van der Waals surface area contributed by atoms with Gasteiger partial charge in [0.15, 0.2) is 5.78 Å². The van der Waals surface area contributed by atoms with Gasteiger partial charge in [0.1, 0.15) is 5.54 Å². The first-order valence-corrected chi connectivity index (χ1v) is 9.65. The molecule has 0 spiro atoms. The van der Waals surface area contributed by atoms with Gasteiger partial charge in [-0.25, -0.2) is 4.79 Å². The number of nitrogens with one attached hydrogen (secondary N) is 1. The van der Waals surface area contributed by atoms with Gasteiger partial charge in [0, 0.05) is 5.92 Å². The van der Waals surface area contributed by atoms with E-state index in [2.05, 4.69) is 5.32 Å². The van der Waals surface area contributed by atoms with Crippen molar-refractivity contribution >= 4 is 28.5 Å². The fourth-order valence-electron chi connectivity index (χ4n) is 4.25. The van der Waals surface area contributed by atoms with Crippen molar-refractivity contribution in [2.45, 2.75) is 44.6 Å². The number of carbonyl (C=O) groups is 3. The van der Waals surface area contributed by atoms with Gasteiger partial charge in [-0.2, -0.15) is 0 Å². The van der Waals surface area contributed by atoms with E-state index in [0.717, 1.165) is 53.3 Å². The Kier molecular flexibility index (Phi) is 4.46. The number of hydrogen-bond donors (Lipinski definition) is 1. The van der Waals surface area contributed by atoms with E-state index in [1.54, 1.807) is 6.92 Å². The van der Waals surface area contributed by atoms with Crippen LogP contribution in [0.1, 0.15) is 44.6 Å². The lowest BCUT2D eigenvalue weighted by molar-refractivity contribution is -0.135. The first-order chi connectivity index (χ1) is 13.0. The molecule has 1 aliphatic heterocycles. The Morgan fingerprint density at radius 2 is 1.78 bits per heavy atom. The smallest absolute Gasteiger partial charge is 0.319 e. The summed E-state index contributed by atoms with van der Waals surface area (Å²) in [5.74, 6) is -0.375. The van der Waals surface area contributed by atoms with Crippen LogP contribution in [0.15, 0.2) is 42.5 Å². The summed E-state index contributed by atoms with van der Waals surface area (Å²) in [5.41, 5.74) is -0.416. The summed E-state index contributed by atoms with van der Waals surface area (Å²) in [7, 11) is 0. The average molecular weight is 364 g/mol. The Hall–Kier alpha value is -2.69. The minimum atomic E-state index is -1.14. The van der Waals surface area contributed by atoms with Crippen molar-refractivity contribution in [3.05, 3.63) is 48.0 Å². The zero-order valence-electron chi connectivity index (χ0n) is 15.5. The predicted octanol–water partition coefficient (Wildman–Crippen LogP) is 3.76. The lowest BCUT2D eigenvalue weighted by Gasteiger charge is -2.24. The van der Waals surface area contributed by atoms with Gasteiger partial charge >= 0.3 is 6.03 Å². The van der Waals surface area contributed by atoms with Gasteiger partial charge in [-0.05, 0) is 42.2 Å². The van der Waals surface area contributed by atoms with Crippen molar-refractivity contribution in [1.29, 1.82) is 0 Å². The summed E-state index contributed by atoms with van der Waals surface area (Å²) in [6, 6.07) is 13.2. The molecule has 140 valence electrons. The molecule has 0 radical (unpaired) electrons. The van der Waals surface area contributed by atoms with Crippen molar-refractivity contribution < 1.29 is 14.4 Å². The molecule has 5 heteroatoms. The van der Waals surface area contributed by atoms with Crippen molar-refractivity contribution in [1.82, 2.24) is 10.2 Å². The van der Waals surface area contributed by atoms with E-state index >= 15 is 0 Å². The van der Waals surface area contributed by atoms with E-state index in [1.165, 1.54) is 0 Å². The number of Topliss-reactive ketones (excluding diaryl/α,β-unsaturated/α-hetero) is 1. The average Bonchev–Trinajstić information content (AvgIpc) is 2.92. The second-order valence-corrected chi connectivity index (χ2v) is 7.81. The number of nitrogens with zero attached hydrogens (tertiary/aromatic N) is 1.